The van der Waals surface area contributed by atoms with E-state index in [1.165, 1.54) is 7.11 Å². The molecule has 0 atom stereocenters. The first-order valence-corrected chi connectivity index (χ1v) is 3.25. The van der Waals surface area contributed by atoms with Crippen molar-refractivity contribution in [3.05, 3.63) is 18.2 Å². The van der Waals surface area contributed by atoms with Crippen LogP contribution in [0.1, 0.15) is 0 Å². The maximum Gasteiger partial charge on any atom is 0.209 e. The van der Waals surface area contributed by atoms with Gasteiger partial charge >= 0.3 is 0 Å². The molecule has 12 heavy (non-hydrogen) atoms. The first kappa shape index (κ1) is 8.63. The van der Waals surface area contributed by atoms with E-state index in [2.05, 4.69) is 9.88 Å². The van der Waals surface area contributed by atoms with E-state index in [4.69, 9.17) is 16.4 Å². The summed E-state index contributed by atoms with van der Waals surface area (Å²) in [7, 11) is 1.50. The van der Waals surface area contributed by atoms with E-state index >= 15 is 0 Å². The van der Waals surface area contributed by atoms with Crippen molar-refractivity contribution < 1.29 is 14.6 Å². The number of rotatable bonds is 3. The van der Waals surface area contributed by atoms with Crippen LogP contribution in [0.3, 0.4) is 0 Å². The van der Waals surface area contributed by atoms with Crippen molar-refractivity contribution in [2.45, 2.75) is 0 Å². The molecular formula is C7H10N2O3. The minimum Gasteiger partial charge on any atom is -0.493 e. The average Bonchev–Trinajstić information content (AvgIpc) is 2.08. The molecule has 0 amide bonds. The zero-order chi connectivity index (χ0) is 8.97. The number of nitrogen functional groups attached to an aromatic ring is 1. The molecule has 1 aromatic rings. The van der Waals surface area contributed by atoms with Gasteiger partial charge in [-0.1, -0.05) is 4.99 Å². The number of hydrogen-bond donors (Lipinski definition) is 2. The Labute approximate surface area is 69.7 Å². The molecule has 0 spiro atoms. The highest BCUT2D eigenvalue weighted by Gasteiger charge is 2.04. The van der Waals surface area contributed by atoms with Crippen LogP contribution in [0.2, 0.25) is 0 Å². The summed E-state index contributed by atoms with van der Waals surface area (Å²) in [5, 5.41) is 0. The molecule has 0 radical (unpaired) electrons. The molecule has 0 unspecified atom stereocenters. The molecule has 4 N–H and O–H groups in total. The summed E-state index contributed by atoms with van der Waals surface area (Å²) in [4.78, 5) is 8.57. The number of benzene rings is 1. The largest absolute Gasteiger partial charge is 0.493 e. The smallest absolute Gasteiger partial charge is 0.209 e. The van der Waals surface area contributed by atoms with Crippen molar-refractivity contribution in [1.82, 2.24) is 0 Å². The van der Waals surface area contributed by atoms with Crippen LogP contribution in [0.15, 0.2) is 18.2 Å². The second kappa shape index (κ2) is 3.80. The Balaban J connectivity index is 2.94. The van der Waals surface area contributed by atoms with Gasteiger partial charge in [-0.2, -0.15) is 5.90 Å². The molecule has 5 nitrogen and oxygen atoms in total. The highest BCUT2D eigenvalue weighted by atomic mass is 17.3. The Morgan fingerprint density at radius 3 is 2.58 bits per heavy atom. The lowest BCUT2D eigenvalue weighted by Crippen LogP contribution is -2.04. The lowest BCUT2D eigenvalue weighted by atomic mass is 10.3. The fourth-order valence-electron chi connectivity index (χ4n) is 0.805. The Kier molecular flexibility index (Phi) is 2.73. The molecule has 0 saturated heterocycles. The van der Waals surface area contributed by atoms with Crippen LogP contribution in [-0.2, 0) is 4.99 Å². The third kappa shape index (κ3) is 1.77. The summed E-state index contributed by atoms with van der Waals surface area (Å²) in [5.74, 6) is 5.57. The van der Waals surface area contributed by atoms with E-state index in [0.717, 1.165) is 0 Å². The Bertz CT molecular complexity index is 265. The lowest BCUT2D eigenvalue weighted by molar-refractivity contribution is -0.212. The third-order valence-electron chi connectivity index (χ3n) is 1.33. The predicted octanol–water partition coefficient (Wildman–Crippen LogP) is 0.462. The predicted molar refractivity (Wildman–Crippen MR) is 43.3 cm³/mol. The second-order valence-electron chi connectivity index (χ2n) is 2.09. The number of hydrogen-bond acceptors (Lipinski definition) is 5. The van der Waals surface area contributed by atoms with Gasteiger partial charge in [-0.25, -0.2) is 0 Å². The van der Waals surface area contributed by atoms with E-state index in [9.17, 15) is 0 Å². The second-order valence-corrected chi connectivity index (χ2v) is 2.09. The van der Waals surface area contributed by atoms with Crippen molar-refractivity contribution in [2.24, 2.45) is 5.90 Å². The number of anilines is 1. The zero-order valence-electron chi connectivity index (χ0n) is 6.61. The standard InChI is InChI=1S/C7H10N2O3/c1-10-7-4-5(8)2-3-6(7)11-12-9/h2-4H,8-9H2,1H3. The van der Waals surface area contributed by atoms with Gasteiger partial charge in [0.05, 0.1) is 7.11 Å². The maximum atomic E-state index is 5.49. The Hall–Kier alpha value is -1.46. The Morgan fingerprint density at radius 1 is 1.25 bits per heavy atom. The van der Waals surface area contributed by atoms with E-state index in [0.29, 0.717) is 17.2 Å². The number of nitrogens with two attached hydrogens (primary N) is 2. The highest BCUT2D eigenvalue weighted by molar-refractivity contribution is 5.51. The molecule has 1 aromatic carbocycles. The Morgan fingerprint density at radius 2 is 2.00 bits per heavy atom. The molecule has 0 aromatic heterocycles. The van der Waals surface area contributed by atoms with Gasteiger partial charge in [-0.05, 0) is 12.1 Å². The summed E-state index contributed by atoms with van der Waals surface area (Å²) < 4.78 is 4.94. The first-order chi connectivity index (χ1) is 5.77. The van der Waals surface area contributed by atoms with E-state index in [1.54, 1.807) is 18.2 Å². The summed E-state index contributed by atoms with van der Waals surface area (Å²) in [6.07, 6.45) is 0. The highest BCUT2D eigenvalue weighted by Crippen LogP contribution is 2.28. The van der Waals surface area contributed by atoms with Crippen LogP contribution in [0.4, 0.5) is 5.69 Å². The molecule has 0 fully saturated rings. The van der Waals surface area contributed by atoms with Crippen LogP contribution < -0.4 is 21.3 Å². The van der Waals surface area contributed by atoms with E-state index < -0.39 is 0 Å². The molecule has 0 aliphatic carbocycles. The SMILES string of the molecule is COc1cc(N)ccc1OON. The van der Waals surface area contributed by atoms with Crippen LogP contribution in [0.5, 0.6) is 11.5 Å². The van der Waals surface area contributed by atoms with Gasteiger partial charge < -0.3 is 15.4 Å². The fraction of sp³-hybridized carbons (Fsp3) is 0.143. The van der Waals surface area contributed by atoms with Crippen LogP contribution in [0.25, 0.3) is 0 Å². The molecule has 0 bridgehead atoms. The van der Waals surface area contributed by atoms with Crippen molar-refractivity contribution in [2.75, 3.05) is 12.8 Å². The van der Waals surface area contributed by atoms with Crippen LogP contribution in [0, 0.1) is 0 Å². The third-order valence-corrected chi connectivity index (χ3v) is 1.33. The maximum absolute atomic E-state index is 5.49. The number of methoxy groups -OCH3 is 1. The molecule has 1 rings (SSSR count). The summed E-state index contributed by atoms with van der Waals surface area (Å²) in [6, 6.07) is 4.85. The zero-order valence-corrected chi connectivity index (χ0v) is 6.61. The van der Waals surface area contributed by atoms with Crippen molar-refractivity contribution >= 4 is 5.69 Å². The topological polar surface area (TPSA) is 79.7 Å². The molecule has 0 heterocycles. The van der Waals surface area contributed by atoms with E-state index in [-0.39, 0.29) is 0 Å². The van der Waals surface area contributed by atoms with Gasteiger partial charge in [-0.3, -0.25) is 0 Å². The van der Waals surface area contributed by atoms with Crippen LogP contribution >= 0.6 is 0 Å². The fourth-order valence-corrected chi connectivity index (χ4v) is 0.805. The minimum absolute atomic E-state index is 0.384. The van der Waals surface area contributed by atoms with Gasteiger partial charge in [0, 0.05) is 11.8 Å². The van der Waals surface area contributed by atoms with Crippen molar-refractivity contribution in [3.8, 4) is 11.5 Å². The van der Waals surface area contributed by atoms with Gasteiger partial charge in [0.2, 0.25) is 5.75 Å². The van der Waals surface area contributed by atoms with Gasteiger partial charge in [-0.15, -0.1) is 0 Å². The quantitative estimate of drug-likeness (QED) is 0.391. The summed E-state index contributed by atoms with van der Waals surface area (Å²) in [5.41, 5.74) is 6.07. The normalized spacial score (nSPS) is 9.50. The van der Waals surface area contributed by atoms with Gasteiger partial charge in [0.1, 0.15) is 0 Å². The monoisotopic (exact) mass is 170 g/mol. The summed E-state index contributed by atoms with van der Waals surface area (Å²) in [6.45, 7) is 0. The van der Waals surface area contributed by atoms with Crippen LogP contribution in [-0.4, -0.2) is 7.11 Å². The van der Waals surface area contributed by atoms with Gasteiger partial charge in [0.15, 0.2) is 5.75 Å². The molecular weight excluding hydrogens is 160 g/mol. The average molecular weight is 170 g/mol. The summed E-state index contributed by atoms with van der Waals surface area (Å²) >= 11 is 0. The molecule has 0 aliphatic heterocycles. The minimum atomic E-state index is 0.384. The molecule has 66 valence electrons. The first-order valence-electron chi connectivity index (χ1n) is 3.25. The molecule has 5 heteroatoms. The van der Waals surface area contributed by atoms with Crippen molar-refractivity contribution in [1.29, 1.82) is 0 Å². The molecule has 0 aliphatic rings. The van der Waals surface area contributed by atoms with E-state index in [1.807, 2.05) is 0 Å². The van der Waals surface area contributed by atoms with Gasteiger partial charge in [0.25, 0.3) is 0 Å². The molecule has 0 saturated carbocycles. The van der Waals surface area contributed by atoms with Crippen molar-refractivity contribution in [3.63, 3.8) is 0 Å². The lowest BCUT2D eigenvalue weighted by Gasteiger charge is -2.06. The number of ether oxygens (including phenoxy) is 1.